The molecule has 8 nitrogen and oxygen atoms in total. The number of hydrogen-bond acceptors (Lipinski definition) is 5. The summed E-state index contributed by atoms with van der Waals surface area (Å²) in [5.41, 5.74) is 0.679. The van der Waals surface area contributed by atoms with E-state index in [-0.39, 0.29) is 28.4 Å². The third kappa shape index (κ3) is 7.11. The lowest BCUT2D eigenvalue weighted by Gasteiger charge is -2.35. The number of carbonyl (C=O) groups excluding carboxylic acids is 2. The van der Waals surface area contributed by atoms with Gasteiger partial charge in [0, 0.05) is 30.4 Å². The van der Waals surface area contributed by atoms with E-state index < -0.39 is 40.0 Å². The van der Waals surface area contributed by atoms with Gasteiger partial charge in [0.05, 0.1) is 17.8 Å². The summed E-state index contributed by atoms with van der Waals surface area (Å²) >= 11 is 6.34. The summed E-state index contributed by atoms with van der Waals surface area (Å²) < 4.78 is 66.6. The fourth-order valence-electron chi connectivity index (χ4n) is 3.84. The van der Waals surface area contributed by atoms with E-state index in [1.807, 2.05) is 0 Å². The van der Waals surface area contributed by atoms with Gasteiger partial charge >= 0.3 is 6.36 Å². The van der Waals surface area contributed by atoms with Crippen LogP contribution in [-0.4, -0.2) is 68.2 Å². The fraction of sp³-hybridized carbons (Fsp3) is 0.391. The molecule has 0 aliphatic carbocycles. The second-order valence-electron chi connectivity index (χ2n) is 8.35. The minimum absolute atomic E-state index is 0.0809. The first-order valence-electron chi connectivity index (χ1n) is 10.9. The third-order valence-corrected chi connectivity index (χ3v) is 7.26. The molecule has 0 radical (unpaired) electrons. The van der Waals surface area contributed by atoms with Crippen LogP contribution < -0.4 is 10.1 Å². The number of piperidine rings is 1. The molecule has 36 heavy (non-hydrogen) atoms. The number of sulfonamides is 1. The smallest absolute Gasteiger partial charge is 0.405 e. The van der Waals surface area contributed by atoms with E-state index in [4.69, 9.17) is 11.6 Å². The largest absolute Gasteiger partial charge is 0.573 e. The lowest BCUT2D eigenvalue weighted by Crippen LogP contribution is -2.52. The lowest BCUT2D eigenvalue weighted by atomic mass is 10.0. The first-order valence-corrected chi connectivity index (χ1v) is 13.2. The van der Waals surface area contributed by atoms with Crippen LogP contribution in [0.3, 0.4) is 0 Å². The number of para-hydroxylation sites is 1. The van der Waals surface area contributed by atoms with E-state index >= 15 is 0 Å². The number of anilines is 1. The standard InChI is InChI=1S/C23H25ClF3N3O5S/c1-29(36(2,33)34)14-21(31)30-12-6-5-8-19(30)22(32)28-15-10-11-16(18(24)13-15)17-7-3-4-9-20(17)35-23(25,26)27/h3-4,7,9-11,13,19H,5-6,8,12,14H2,1-2H3,(H,28,32)/t19-/m1/s1. The Hall–Kier alpha value is -2.83. The van der Waals surface area contributed by atoms with Crippen molar-refractivity contribution in [1.29, 1.82) is 0 Å². The lowest BCUT2D eigenvalue weighted by molar-refractivity contribution is -0.274. The Bertz CT molecular complexity index is 1240. The zero-order valence-corrected chi connectivity index (χ0v) is 21.1. The number of hydrogen-bond donors (Lipinski definition) is 1. The van der Waals surface area contributed by atoms with Crippen molar-refractivity contribution in [2.45, 2.75) is 31.7 Å². The number of likely N-dealkylation sites (tertiary alicyclic amines) is 1. The number of nitrogens with one attached hydrogen (secondary N) is 1. The number of rotatable bonds is 7. The van der Waals surface area contributed by atoms with Crippen LogP contribution in [0.15, 0.2) is 42.5 Å². The highest BCUT2D eigenvalue weighted by Gasteiger charge is 2.34. The average molecular weight is 548 g/mol. The van der Waals surface area contributed by atoms with Crippen molar-refractivity contribution in [2.75, 3.05) is 31.7 Å². The minimum atomic E-state index is -4.88. The van der Waals surface area contributed by atoms with Crippen molar-refractivity contribution in [3.05, 3.63) is 47.5 Å². The molecule has 2 aromatic rings. The van der Waals surface area contributed by atoms with Crippen LogP contribution in [0, 0.1) is 0 Å². The maximum Gasteiger partial charge on any atom is 0.573 e. The summed E-state index contributed by atoms with van der Waals surface area (Å²) in [7, 11) is -2.28. The highest BCUT2D eigenvalue weighted by molar-refractivity contribution is 7.88. The molecule has 13 heteroatoms. The molecule has 0 spiro atoms. The Morgan fingerprint density at radius 1 is 1.17 bits per heavy atom. The monoisotopic (exact) mass is 547 g/mol. The maximum atomic E-state index is 13.0. The van der Waals surface area contributed by atoms with Gasteiger partial charge in [0.1, 0.15) is 11.8 Å². The summed E-state index contributed by atoms with van der Waals surface area (Å²) in [6.07, 6.45) is -2.11. The predicted octanol–water partition coefficient (Wildman–Crippen LogP) is 4.12. The van der Waals surface area contributed by atoms with Crippen molar-refractivity contribution < 1.29 is 35.9 Å². The maximum absolute atomic E-state index is 13.0. The van der Waals surface area contributed by atoms with Gasteiger partial charge in [-0.05, 0) is 37.5 Å². The van der Waals surface area contributed by atoms with E-state index in [1.165, 1.54) is 48.3 Å². The van der Waals surface area contributed by atoms with Gasteiger partial charge in [-0.3, -0.25) is 9.59 Å². The molecule has 1 fully saturated rings. The summed E-state index contributed by atoms with van der Waals surface area (Å²) in [6.45, 7) is -0.0766. The quantitative estimate of drug-likeness (QED) is 0.563. The SMILES string of the molecule is CN(CC(=O)N1CCCC[C@@H]1C(=O)Nc1ccc(-c2ccccc2OC(F)(F)F)c(Cl)c1)S(C)(=O)=O. The number of benzene rings is 2. The first-order chi connectivity index (χ1) is 16.8. The van der Waals surface area contributed by atoms with Gasteiger partial charge in [-0.1, -0.05) is 35.9 Å². The molecular weight excluding hydrogens is 523 g/mol. The number of halogens is 4. The van der Waals surface area contributed by atoms with E-state index in [2.05, 4.69) is 10.1 Å². The van der Waals surface area contributed by atoms with Crippen LogP contribution in [0.25, 0.3) is 11.1 Å². The van der Waals surface area contributed by atoms with E-state index in [0.717, 1.165) is 10.6 Å². The minimum Gasteiger partial charge on any atom is -0.405 e. The molecule has 1 saturated heterocycles. The van der Waals surface area contributed by atoms with Crippen molar-refractivity contribution in [1.82, 2.24) is 9.21 Å². The van der Waals surface area contributed by atoms with Gasteiger partial charge in [0.15, 0.2) is 0 Å². The molecule has 2 aromatic carbocycles. The molecule has 1 aliphatic heterocycles. The molecule has 0 aromatic heterocycles. The van der Waals surface area contributed by atoms with Crippen molar-refractivity contribution in [3.8, 4) is 16.9 Å². The Morgan fingerprint density at radius 2 is 1.86 bits per heavy atom. The van der Waals surface area contributed by atoms with Crippen molar-refractivity contribution in [3.63, 3.8) is 0 Å². The molecule has 0 unspecified atom stereocenters. The second-order valence-corrected chi connectivity index (χ2v) is 10.8. The molecule has 196 valence electrons. The predicted molar refractivity (Wildman–Crippen MR) is 129 cm³/mol. The molecule has 1 N–H and O–H groups in total. The molecule has 1 atom stereocenters. The van der Waals surface area contributed by atoms with Crippen LogP contribution >= 0.6 is 11.6 Å². The first kappa shape index (κ1) is 27.8. The van der Waals surface area contributed by atoms with Crippen LogP contribution in [0.1, 0.15) is 19.3 Å². The number of nitrogens with zero attached hydrogens (tertiary/aromatic N) is 2. The number of ether oxygens (including phenoxy) is 1. The molecule has 2 amide bonds. The Balaban J connectivity index is 1.77. The summed E-state index contributed by atoms with van der Waals surface area (Å²) in [5.74, 6) is -1.38. The molecule has 0 saturated carbocycles. The van der Waals surface area contributed by atoms with Crippen LogP contribution in [0.4, 0.5) is 18.9 Å². The summed E-state index contributed by atoms with van der Waals surface area (Å²) in [4.78, 5) is 27.1. The molecule has 1 heterocycles. The Morgan fingerprint density at radius 3 is 2.50 bits per heavy atom. The number of alkyl halides is 3. The van der Waals surface area contributed by atoms with E-state index in [0.29, 0.717) is 25.8 Å². The number of amides is 2. The molecule has 0 bridgehead atoms. The highest BCUT2D eigenvalue weighted by atomic mass is 35.5. The zero-order valence-electron chi connectivity index (χ0n) is 19.5. The highest BCUT2D eigenvalue weighted by Crippen LogP contribution is 2.38. The molecular formula is C23H25ClF3N3O5S. The number of likely N-dealkylation sites (N-methyl/N-ethyl adjacent to an activating group) is 1. The number of carbonyl (C=O) groups is 2. The van der Waals surface area contributed by atoms with Crippen LogP contribution in [-0.2, 0) is 19.6 Å². The van der Waals surface area contributed by atoms with E-state index in [9.17, 15) is 31.2 Å². The Labute approximate surface area is 212 Å². The van der Waals surface area contributed by atoms with Gasteiger partial charge in [0.25, 0.3) is 0 Å². The second kappa shape index (κ2) is 11.1. The summed E-state index contributed by atoms with van der Waals surface area (Å²) in [6, 6.07) is 9.07. The van der Waals surface area contributed by atoms with E-state index in [1.54, 1.807) is 6.07 Å². The normalized spacial score (nSPS) is 16.6. The topological polar surface area (TPSA) is 96.0 Å². The van der Waals surface area contributed by atoms with Crippen molar-refractivity contribution in [2.24, 2.45) is 0 Å². The van der Waals surface area contributed by atoms with Crippen LogP contribution in [0.2, 0.25) is 5.02 Å². The van der Waals surface area contributed by atoms with Gasteiger partial charge in [-0.25, -0.2) is 8.42 Å². The Kier molecular flexibility index (Phi) is 8.52. The van der Waals surface area contributed by atoms with Gasteiger partial charge < -0.3 is 15.0 Å². The molecule has 1 aliphatic rings. The van der Waals surface area contributed by atoms with Crippen LogP contribution in [0.5, 0.6) is 5.75 Å². The average Bonchev–Trinajstić information content (AvgIpc) is 2.78. The van der Waals surface area contributed by atoms with Gasteiger partial charge in [-0.15, -0.1) is 13.2 Å². The summed E-state index contributed by atoms with van der Waals surface area (Å²) in [5, 5.41) is 2.77. The van der Waals surface area contributed by atoms with Gasteiger partial charge in [-0.2, -0.15) is 4.31 Å². The fourth-order valence-corrected chi connectivity index (χ4v) is 4.47. The third-order valence-electron chi connectivity index (χ3n) is 5.69. The van der Waals surface area contributed by atoms with Crippen molar-refractivity contribution >= 4 is 39.1 Å². The van der Waals surface area contributed by atoms with Gasteiger partial charge in [0.2, 0.25) is 21.8 Å². The zero-order chi connectivity index (χ0) is 26.7. The molecule has 3 rings (SSSR count).